The van der Waals surface area contributed by atoms with E-state index in [4.69, 9.17) is 16.6 Å². The fourth-order valence-corrected chi connectivity index (χ4v) is 6.20. The Kier molecular flexibility index (Phi) is 5.68. The van der Waals surface area contributed by atoms with Crippen LogP contribution in [0.2, 0.25) is 5.02 Å². The highest BCUT2D eigenvalue weighted by molar-refractivity contribution is 7.99. The highest BCUT2D eigenvalue weighted by Crippen LogP contribution is 2.39. The average molecular weight is 450 g/mol. The number of aryl methyl sites for hydroxylation is 2. The number of rotatable bonds is 5. The zero-order valence-corrected chi connectivity index (χ0v) is 18.5. The van der Waals surface area contributed by atoms with Crippen LogP contribution in [0, 0.1) is 10.1 Å². The topological polar surface area (TPSA) is 78.0 Å². The SMILES string of the molecule is CC[C@H](C)n1c(Sc2ccc(Cl)cc2[N+](=O)[O-])nc2sc3c(c2c1=O)CCCC3. The molecule has 0 spiro atoms. The second kappa shape index (κ2) is 8.08. The van der Waals surface area contributed by atoms with Crippen molar-refractivity contribution in [2.24, 2.45) is 0 Å². The summed E-state index contributed by atoms with van der Waals surface area (Å²) in [4.78, 5) is 31.8. The van der Waals surface area contributed by atoms with E-state index in [2.05, 4.69) is 0 Å². The van der Waals surface area contributed by atoms with Gasteiger partial charge < -0.3 is 0 Å². The molecule has 2 aromatic heterocycles. The van der Waals surface area contributed by atoms with Crippen LogP contribution in [0.5, 0.6) is 0 Å². The molecule has 0 fully saturated rings. The standard InChI is InChI=1S/C20H20ClN3O3S2/c1-3-11(2)23-19(25)17-13-6-4-5-7-15(13)28-18(17)22-20(23)29-16-9-8-12(21)10-14(16)24(26)27/h8-11H,3-7H2,1-2H3/t11-/m0/s1. The lowest BCUT2D eigenvalue weighted by Crippen LogP contribution is -2.26. The second-order valence-electron chi connectivity index (χ2n) is 7.19. The Bertz CT molecular complexity index is 1170. The van der Waals surface area contributed by atoms with Crippen LogP contribution in [0.4, 0.5) is 5.69 Å². The molecule has 0 saturated carbocycles. The molecule has 0 amide bonds. The van der Waals surface area contributed by atoms with Gasteiger partial charge in [-0.15, -0.1) is 11.3 Å². The van der Waals surface area contributed by atoms with Crippen LogP contribution in [0.1, 0.15) is 49.6 Å². The third-order valence-corrected chi connectivity index (χ3v) is 7.80. The van der Waals surface area contributed by atoms with E-state index in [-0.39, 0.29) is 17.3 Å². The summed E-state index contributed by atoms with van der Waals surface area (Å²) in [6.45, 7) is 4.00. The summed E-state index contributed by atoms with van der Waals surface area (Å²) in [5.41, 5.74) is 1.03. The molecule has 0 radical (unpaired) electrons. The zero-order valence-electron chi connectivity index (χ0n) is 16.1. The van der Waals surface area contributed by atoms with Gasteiger partial charge in [0.05, 0.1) is 15.2 Å². The van der Waals surface area contributed by atoms with E-state index < -0.39 is 4.92 Å². The minimum Gasteiger partial charge on any atom is -0.284 e. The molecule has 0 unspecified atom stereocenters. The Balaban J connectivity index is 1.92. The number of nitro groups is 1. The quantitative estimate of drug-likeness (QED) is 0.270. The number of halogens is 1. The molecule has 1 aliphatic carbocycles. The van der Waals surface area contributed by atoms with Crippen molar-refractivity contribution in [2.75, 3.05) is 0 Å². The van der Waals surface area contributed by atoms with Gasteiger partial charge in [-0.3, -0.25) is 19.5 Å². The summed E-state index contributed by atoms with van der Waals surface area (Å²) in [5.74, 6) is 0. The van der Waals surface area contributed by atoms with Crippen molar-refractivity contribution in [3.8, 4) is 0 Å². The first-order chi connectivity index (χ1) is 13.9. The Hall–Kier alpha value is -1.90. The van der Waals surface area contributed by atoms with E-state index in [1.165, 1.54) is 10.9 Å². The number of nitrogens with zero attached hydrogens (tertiary/aromatic N) is 3. The molecule has 1 aliphatic rings. The van der Waals surface area contributed by atoms with Crippen molar-refractivity contribution in [3.05, 3.63) is 54.1 Å². The van der Waals surface area contributed by atoms with Gasteiger partial charge in [-0.05, 0) is 68.5 Å². The summed E-state index contributed by atoms with van der Waals surface area (Å²) in [6.07, 6.45) is 4.90. The molecular formula is C20H20ClN3O3S2. The lowest BCUT2D eigenvalue weighted by molar-refractivity contribution is -0.387. The average Bonchev–Trinajstić information content (AvgIpc) is 3.07. The number of hydrogen-bond donors (Lipinski definition) is 0. The minimum absolute atomic E-state index is 0.0390. The Morgan fingerprint density at radius 3 is 2.86 bits per heavy atom. The number of hydrogen-bond acceptors (Lipinski definition) is 6. The summed E-state index contributed by atoms with van der Waals surface area (Å²) in [6, 6.07) is 4.50. The van der Waals surface area contributed by atoms with Crippen LogP contribution in [-0.4, -0.2) is 14.5 Å². The van der Waals surface area contributed by atoms with E-state index in [9.17, 15) is 14.9 Å². The predicted molar refractivity (Wildman–Crippen MR) is 118 cm³/mol. The molecule has 2 heterocycles. The fourth-order valence-electron chi connectivity index (χ4n) is 3.66. The maximum absolute atomic E-state index is 13.5. The normalized spacial score (nSPS) is 14.7. The van der Waals surface area contributed by atoms with Gasteiger partial charge >= 0.3 is 0 Å². The van der Waals surface area contributed by atoms with Crippen molar-refractivity contribution < 1.29 is 4.92 Å². The predicted octanol–water partition coefficient (Wildman–Crippen LogP) is 6.02. The first-order valence-corrected chi connectivity index (χ1v) is 11.6. The van der Waals surface area contributed by atoms with Crippen LogP contribution >= 0.6 is 34.7 Å². The molecule has 0 N–H and O–H groups in total. The van der Waals surface area contributed by atoms with Crippen molar-refractivity contribution >= 4 is 50.6 Å². The second-order valence-corrected chi connectivity index (χ2v) is 9.72. The highest BCUT2D eigenvalue weighted by atomic mass is 35.5. The van der Waals surface area contributed by atoms with Crippen molar-refractivity contribution in [2.45, 2.75) is 62.0 Å². The van der Waals surface area contributed by atoms with Gasteiger partial charge in [-0.2, -0.15) is 0 Å². The summed E-state index contributed by atoms with van der Waals surface area (Å²) < 4.78 is 1.70. The van der Waals surface area contributed by atoms with E-state index >= 15 is 0 Å². The van der Waals surface area contributed by atoms with Crippen LogP contribution in [0.3, 0.4) is 0 Å². The fraction of sp³-hybridized carbons (Fsp3) is 0.400. The first-order valence-electron chi connectivity index (χ1n) is 9.59. The van der Waals surface area contributed by atoms with Crippen LogP contribution in [-0.2, 0) is 12.8 Å². The molecule has 152 valence electrons. The molecule has 6 nitrogen and oxygen atoms in total. The van der Waals surface area contributed by atoms with Gasteiger partial charge in [-0.25, -0.2) is 4.98 Å². The molecule has 1 aromatic carbocycles. The summed E-state index contributed by atoms with van der Waals surface area (Å²) in [5, 5.41) is 13.0. The number of aromatic nitrogens is 2. The van der Waals surface area contributed by atoms with Gasteiger partial charge in [0.25, 0.3) is 11.2 Å². The van der Waals surface area contributed by atoms with Crippen molar-refractivity contribution in [1.29, 1.82) is 0 Å². The maximum Gasteiger partial charge on any atom is 0.284 e. The number of nitro benzene ring substituents is 1. The third-order valence-electron chi connectivity index (χ3n) is 5.34. The molecule has 9 heteroatoms. The first kappa shape index (κ1) is 20.4. The monoisotopic (exact) mass is 449 g/mol. The van der Waals surface area contributed by atoms with Gasteiger partial charge in [0, 0.05) is 22.0 Å². The van der Waals surface area contributed by atoms with Gasteiger partial charge in [-0.1, -0.05) is 18.5 Å². The molecular weight excluding hydrogens is 430 g/mol. The van der Waals surface area contributed by atoms with Gasteiger partial charge in [0.1, 0.15) is 4.83 Å². The Morgan fingerprint density at radius 1 is 1.38 bits per heavy atom. The molecule has 29 heavy (non-hydrogen) atoms. The van der Waals surface area contributed by atoms with Crippen LogP contribution in [0.15, 0.2) is 33.0 Å². The number of benzene rings is 1. The van der Waals surface area contributed by atoms with E-state index in [0.717, 1.165) is 59.6 Å². The Morgan fingerprint density at radius 2 is 2.14 bits per heavy atom. The van der Waals surface area contributed by atoms with E-state index in [0.29, 0.717) is 15.1 Å². The smallest absolute Gasteiger partial charge is 0.284 e. The number of fused-ring (bicyclic) bond motifs is 3. The molecule has 1 atom stereocenters. The zero-order chi connectivity index (χ0) is 20.7. The molecule has 3 aromatic rings. The van der Waals surface area contributed by atoms with Crippen LogP contribution < -0.4 is 5.56 Å². The summed E-state index contributed by atoms with van der Waals surface area (Å²) >= 11 is 8.69. The molecule has 0 aliphatic heterocycles. The van der Waals surface area contributed by atoms with Gasteiger partial charge in [0.15, 0.2) is 5.16 Å². The lowest BCUT2D eigenvalue weighted by Gasteiger charge is -2.18. The van der Waals surface area contributed by atoms with Crippen LogP contribution in [0.25, 0.3) is 10.2 Å². The highest BCUT2D eigenvalue weighted by Gasteiger charge is 2.25. The molecule has 4 rings (SSSR count). The maximum atomic E-state index is 13.5. The van der Waals surface area contributed by atoms with E-state index in [1.54, 1.807) is 28.0 Å². The lowest BCUT2D eigenvalue weighted by atomic mass is 9.97. The molecule has 0 saturated heterocycles. The summed E-state index contributed by atoms with van der Waals surface area (Å²) in [7, 11) is 0. The minimum atomic E-state index is -0.456. The van der Waals surface area contributed by atoms with Crippen molar-refractivity contribution in [3.63, 3.8) is 0 Å². The largest absolute Gasteiger partial charge is 0.284 e. The Labute approximate surface area is 181 Å². The van der Waals surface area contributed by atoms with Gasteiger partial charge in [0.2, 0.25) is 0 Å². The molecule has 0 bridgehead atoms. The van der Waals surface area contributed by atoms with E-state index in [1.807, 2.05) is 13.8 Å². The van der Waals surface area contributed by atoms with Crippen molar-refractivity contribution in [1.82, 2.24) is 9.55 Å². The third kappa shape index (κ3) is 3.69. The number of thiophene rings is 1.